The van der Waals surface area contributed by atoms with Crippen molar-refractivity contribution in [3.8, 4) is 11.1 Å². The molecule has 4 N–H and O–H groups in total. The number of halogens is 3. The Morgan fingerprint density at radius 3 is 2.38 bits per heavy atom. The van der Waals surface area contributed by atoms with Gasteiger partial charge in [-0.15, -0.1) is 0 Å². The first-order chi connectivity index (χ1) is 18.8. The first-order valence-corrected chi connectivity index (χ1v) is 12.9. The van der Waals surface area contributed by atoms with E-state index in [0.717, 1.165) is 5.06 Å². The summed E-state index contributed by atoms with van der Waals surface area (Å²) in [6, 6.07) is 12.3. The summed E-state index contributed by atoms with van der Waals surface area (Å²) in [6.07, 6.45) is 4.73. The van der Waals surface area contributed by atoms with E-state index in [1.807, 2.05) is 26.0 Å². The molecule has 202 valence electrons. The Balaban J connectivity index is 1.51. The number of nitrogens with one attached hydrogen (secondary N) is 3. The first-order valence-electron chi connectivity index (χ1n) is 12.6. The van der Waals surface area contributed by atoms with E-state index in [2.05, 4.69) is 15.6 Å². The van der Waals surface area contributed by atoms with Gasteiger partial charge in [-0.1, -0.05) is 29.8 Å². The average Bonchev–Trinajstić information content (AvgIpc) is 3.69. The summed E-state index contributed by atoms with van der Waals surface area (Å²) in [5.74, 6) is -0.244. The Labute approximate surface area is 228 Å². The van der Waals surface area contributed by atoms with Crippen molar-refractivity contribution in [3.05, 3.63) is 101 Å². The fourth-order valence-electron chi connectivity index (χ4n) is 5.52. The molecule has 1 aliphatic heterocycles. The van der Waals surface area contributed by atoms with Crippen LogP contribution in [0.5, 0.6) is 0 Å². The molecule has 4 heterocycles. The Morgan fingerprint density at radius 1 is 1.03 bits per heavy atom. The van der Waals surface area contributed by atoms with Gasteiger partial charge < -0.3 is 24.5 Å². The number of para-hydroxylation sites is 1. The average molecular weight is 553 g/mol. The van der Waals surface area contributed by atoms with E-state index in [0.29, 0.717) is 39.6 Å². The lowest BCUT2D eigenvalue weighted by molar-refractivity contribution is 0.103. The molecule has 3 aromatic heterocycles. The van der Waals surface area contributed by atoms with Gasteiger partial charge in [0, 0.05) is 28.8 Å². The minimum Gasteiger partial charge on any atom is -0.468 e. The predicted octanol–water partition coefficient (Wildman–Crippen LogP) is 6.93. The Kier molecular flexibility index (Phi) is 6.47. The van der Waals surface area contributed by atoms with Gasteiger partial charge in [-0.05, 0) is 38.1 Å². The van der Waals surface area contributed by atoms with Gasteiger partial charge in [-0.2, -0.15) is 0 Å². The highest BCUT2D eigenvalue weighted by Crippen LogP contribution is 2.47. The molecule has 0 aliphatic carbocycles. The van der Waals surface area contributed by atoms with Gasteiger partial charge >= 0.3 is 0 Å². The lowest BCUT2D eigenvalue weighted by atomic mass is 9.78. The summed E-state index contributed by atoms with van der Waals surface area (Å²) >= 11 is 6.29. The van der Waals surface area contributed by atoms with Crippen LogP contribution in [0, 0.1) is 11.6 Å². The monoisotopic (exact) mass is 552 g/mol. The third-order valence-corrected chi connectivity index (χ3v) is 7.81. The molecular weight excluding hydrogens is 526 g/mol. The summed E-state index contributed by atoms with van der Waals surface area (Å²) in [5, 5.41) is 20.2. The smallest absolute Gasteiger partial charge is 0.141 e. The van der Waals surface area contributed by atoms with Crippen LogP contribution in [0.15, 0.2) is 76.1 Å². The molecule has 0 bridgehead atoms. The molecule has 0 fully saturated rings. The molecule has 0 unspecified atom stereocenters. The molecule has 5 aromatic rings. The molecule has 0 radical (unpaired) electrons. The molecule has 10 heteroatoms. The molecule has 39 heavy (non-hydrogen) atoms. The molecule has 0 saturated heterocycles. The number of fused-ring (bicyclic) bond motifs is 2. The Morgan fingerprint density at radius 2 is 1.72 bits per heavy atom. The molecule has 0 amide bonds. The minimum atomic E-state index is -0.978. The van der Waals surface area contributed by atoms with Gasteiger partial charge in [0.1, 0.15) is 23.2 Å². The normalized spacial score (nSPS) is 18.6. The van der Waals surface area contributed by atoms with Gasteiger partial charge in [-0.25, -0.2) is 13.8 Å². The highest BCUT2D eigenvalue weighted by molar-refractivity contribution is 6.36. The van der Waals surface area contributed by atoms with Gasteiger partial charge in [0.25, 0.3) is 0 Å². The highest BCUT2D eigenvalue weighted by Gasteiger charge is 2.48. The summed E-state index contributed by atoms with van der Waals surface area (Å²) in [7, 11) is 0. The van der Waals surface area contributed by atoms with Crippen LogP contribution < -0.4 is 15.7 Å². The van der Waals surface area contributed by atoms with E-state index < -0.39 is 29.3 Å². The van der Waals surface area contributed by atoms with Crippen molar-refractivity contribution in [1.82, 2.24) is 15.6 Å². The maximum absolute atomic E-state index is 16.7. The standard InChI is InChI=1S/C29H27ClF2N4O3/c1-29(2)28(35-14-17-7-5-11-39-17)27(33-13-16-6-4-10-38-16)24-22(36(29)37)12-21(31)23(25(24)32)19-9-3-8-18-20(30)15-34-26(18)19/h3-12,15,27-28,33-35,37H,13-14H2,1-2H3/t27-,28+/m1/s1. The van der Waals surface area contributed by atoms with E-state index in [-0.39, 0.29) is 23.4 Å². The number of rotatable bonds is 7. The molecule has 2 aromatic carbocycles. The van der Waals surface area contributed by atoms with Gasteiger partial charge in [0.2, 0.25) is 0 Å². The predicted molar refractivity (Wildman–Crippen MR) is 145 cm³/mol. The fraction of sp³-hybridized carbons (Fsp3) is 0.241. The number of aromatic amines is 1. The zero-order valence-electron chi connectivity index (χ0n) is 21.3. The van der Waals surface area contributed by atoms with Crippen molar-refractivity contribution in [2.45, 2.75) is 44.6 Å². The largest absolute Gasteiger partial charge is 0.468 e. The van der Waals surface area contributed by atoms with Gasteiger partial charge in [-0.3, -0.25) is 5.21 Å². The number of hydroxylamine groups is 1. The number of benzene rings is 2. The van der Waals surface area contributed by atoms with Gasteiger partial charge in [0.15, 0.2) is 0 Å². The van der Waals surface area contributed by atoms with Crippen molar-refractivity contribution >= 4 is 28.2 Å². The van der Waals surface area contributed by atoms with Crippen LogP contribution in [0.4, 0.5) is 14.5 Å². The molecule has 1 aliphatic rings. The Bertz CT molecular complexity index is 1620. The summed E-state index contributed by atoms with van der Waals surface area (Å²) < 4.78 is 43.5. The quantitative estimate of drug-likeness (QED) is 0.175. The van der Waals surface area contributed by atoms with Crippen molar-refractivity contribution in [2.75, 3.05) is 5.06 Å². The number of hydrogen-bond donors (Lipinski definition) is 4. The van der Waals surface area contributed by atoms with Crippen LogP contribution in [-0.2, 0) is 13.1 Å². The number of nitrogens with zero attached hydrogens (tertiary/aromatic N) is 1. The fourth-order valence-corrected chi connectivity index (χ4v) is 5.73. The second-order valence-electron chi connectivity index (χ2n) is 10.2. The number of hydrogen-bond acceptors (Lipinski definition) is 6. The Hall–Kier alpha value is -3.63. The second-order valence-corrected chi connectivity index (χ2v) is 10.6. The van der Waals surface area contributed by atoms with Crippen LogP contribution in [0.25, 0.3) is 22.0 Å². The molecule has 6 rings (SSSR count). The third kappa shape index (κ3) is 4.31. The third-order valence-electron chi connectivity index (χ3n) is 7.50. The lowest BCUT2D eigenvalue weighted by Gasteiger charge is -2.50. The van der Waals surface area contributed by atoms with Crippen LogP contribution >= 0.6 is 11.6 Å². The number of aromatic nitrogens is 1. The molecule has 2 atom stereocenters. The van der Waals surface area contributed by atoms with Gasteiger partial charge in [0.05, 0.1) is 65.0 Å². The summed E-state index contributed by atoms with van der Waals surface area (Å²) in [5.41, 5.74) is -0.162. The van der Waals surface area contributed by atoms with Crippen LogP contribution in [0.2, 0.25) is 5.02 Å². The van der Waals surface area contributed by atoms with Crippen molar-refractivity contribution in [1.29, 1.82) is 0 Å². The summed E-state index contributed by atoms with van der Waals surface area (Å²) in [4.78, 5) is 3.04. The number of furan rings is 2. The molecule has 7 nitrogen and oxygen atoms in total. The van der Waals surface area contributed by atoms with E-state index >= 15 is 8.78 Å². The highest BCUT2D eigenvalue weighted by atomic mass is 35.5. The number of anilines is 1. The van der Waals surface area contributed by atoms with Crippen molar-refractivity contribution in [2.24, 2.45) is 0 Å². The first kappa shape index (κ1) is 25.6. The van der Waals surface area contributed by atoms with Crippen LogP contribution in [0.1, 0.15) is 37.0 Å². The van der Waals surface area contributed by atoms with E-state index in [1.54, 1.807) is 49.1 Å². The SMILES string of the molecule is CC1(C)[C@@H](NCc2ccco2)[C@H](NCc2ccco2)c2c(cc(F)c(-c3cccc4c(Cl)c[nH]c34)c2F)N1O. The second kappa shape index (κ2) is 9.84. The zero-order chi connectivity index (χ0) is 27.3. The van der Waals surface area contributed by atoms with Crippen LogP contribution in [0.3, 0.4) is 0 Å². The molecule has 0 spiro atoms. The maximum Gasteiger partial charge on any atom is 0.141 e. The van der Waals surface area contributed by atoms with E-state index in [1.165, 1.54) is 6.07 Å². The topological polar surface area (TPSA) is 89.6 Å². The van der Waals surface area contributed by atoms with Crippen molar-refractivity contribution in [3.63, 3.8) is 0 Å². The molecular formula is C29H27ClF2N4O3. The summed E-state index contributed by atoms with van der Waals surface area (Å²) in [6.45, 7) is 4.23. The van der Waals surface area contributed by atoms with Crippen LogP contribution in [-0.4, -0.2) is 21.8 Å². The maximum atomic E-state index is 16.7. The van der Waals surface area contributed by atoms with E-state index in [4.69, 9.17) is 20.4 Å². The van der Waals surface area contributed by atoms with E-state index in [9.17, 15) is 5.21 Å². The minimum absolute atomic E-state index is 0.0448. The zero-order valence-corrected chi connectivity index (χ0v) is 22.0. The lowest BCUT2D eigenvalue weighted by Crippen LogP contribution is -2.64. The molecule has 0 saturated carbocycles. The van der Waals surface area contributed by atoms with Crippen molar-refractivity contribution < 1.29 is 22.8 Å². The number of H-pyrrole nitrogens is 1.